The second-order valence-electron chi connectivity index (χ2n) is 19.5. The number of aliphatic imine (C=N–C) groups is 2. The van der Waals surface area contributed by atoms with Gasteiger partial charge in [-0.2, -0.15) is 0 Å². The Balaban J connectivity index is 1.59. The van der Waals surface area contributed by atoms with Crippen molar-refractivity contribution in [1.82, 2.24) is 47.5 Å². The number of hydrogen-bond acceptors (Lipinski definition) is 12. The summed E-state index contributed by atoms with van der Waals surface area (Å²) >= 11 is 0. The molecule has 4 aromatic rings. The first-order valence-corrected chi connectivity index (χ1v) is 26.4. The summed E-state index contributed by atoms with van der Waals surface area (Å²) in [5, 5.41) is 22.1. The molecule has 434 valence electrons. The number of H-pyrrole nitrogens is 1. The van der Waals surface area contributed by atoms with Crippen LogP contribution in [0, 0.1) is 0 Å². The number of hydrogen-bond donors (Lipinski definition) is 15. The molecule has 1 aliphatic heterocycles. The zero-order chi connectivity index (χ0) is 59.0. The Morgan fingerprint density at radius 2 is 1.19 bits per heavy atom. The average Bonchev–Trinajstić information content (AvgIpc) is 4.05. The predicted octanol–water partition coefficient (Wildman–Crippen LogP) is -3.01. The second kappa shape index (κ2) is 31.1. The molecule has 27 nitrogen and oxygen atoms in total. The number of nitrogens with zero attached hydrogens (tertiary/aromatic N) is 2. The summed E-state index contributed by atoms with van der Waals surface area (Å²) in [5.41, 5.74) is 35.9. The molecule has 5 rings (SSSR count). The highest BCUT2D eigenvalue weighted by Crippen LogP contribution is 2.20. The Morgan fingerprint density at radius 3 is 1.80 bits per heavy atom. The molecule has 1 aliphatic rings. The Labute approximate surface area is 467 Å². The van der Waals surface area contributed by atoms with Gasteiger partial charge in [-0.3, -0.25) is 57.9 Å². The van der Waals surface area contributed by atoms with E-state index in [2.05, 4.69) is 57.5 Å². The van der Waals surface area contributed by atoms with Crippen LogP contribution in [-0.4, -0.2) is 138 Å². The molecule has 1 saturated heterocycles. The second-order valence-corrected chi connectivity index (χ2v) is 19.5. The molecule has 0 unspecified atom stereocenters. The normalized spacial score (nSPS) is 20.3. The number of fused-ring (bicyclic) bond motifs is 1. The first-order chi connectivity index (χ1) is 38.7. The van der Waals surface area contributed by atoms with Crippen LogP contribution in [0.4, 0.5) is 0 Å². The number of carbonyl (C=O) groups excluding carboxylic acids is 10. The van der Waals surface area contributed by atoms with Crippen molar-refractivity contribution >= 4 is 81.9 Å². The zero-order valence-electron chi connectivity index (χ0n) is 45.0. The van der Waals surface area contributed by atoms with Crippen molar-refractivity contribution in [1.29, 1.82) is 0 Å². The monoisotopic (exact) mass is 1120 g/mol. The molecule has 27 heteroatoms. The molecule has 1 fully saturated rings. The lowest BCUT2D eigenvalue weighted by atomic mass is 10.00. The Morgan fingerprint density at radius 1 is 0.630 bits per heavy atom. The summed E-state index contributed by atoms with van der Waals surface area (Å²) in [6.45, 7) is 1.28. The molecule has 7 atom stereocenters. The van der Waals surface area contributed by atoms with Crippen LogP contribution >= 0.6 is 0 Å². The van der Waals surface area contributed by atoms with Crippen molar-refractivity contribution in [3.8, 4) is 0 Å². The number of rotatable bonds is 19. The lowest BCUT2D eigenvalue weighted by Crippen LogP contribution is -2.61. The molecule has 0 saturated carbocycles. The van der Waals surface area contributed by atoms with E-state index in [1.54, 1.807) is 42.6 Å². The lowest BCUT2D eigenvalue weighted by Gasteiger charge is -2.28. The number of aromatic amines is 1. The van der Waals surface area contributed by atoms with Gasteiger partial charge < -0.3 is 81.9 Å². The molecule has 1 aromatic heterocycles. The van der Waals surface area contributed by atoms with Gasteiger partial charge in [0.25, 0.3) is 0 Å². The number of primary amides is 2. The van der Waals surface area contributed by atoms with E-state index in [0.29, 0.717) is 16.7 Å². The van der Waals surface area contributed by atoms with Crippen LogP contribution in [0.25, 0.3) is 10.9 Å². The van der Waals surface area contributed by atoms with Gasteiger partial charge in [-0.25, -0.2) is 0 Å². The highest BCUT2D eigenvalue weighted by molar-refractivity contribution is 5.99. The van der Waals surface area contributed by atoms with Crippen molar-refractivity contribution in [3.05, 3.63) is 107 Å². The van der Waals surface area contributed by atoms with E-state index in [1.165, 1.54) is 31.2 Å². The van der Waals surface area contributed by atoms with E-state index in [4.69, 9.17) is 34.4 Å². The summed E-state index contributed by atoms with van der Waals surface area (Å²) in [7, 11) is 0. The summed E-state index contributed by atoms with van der Waals surface area (Å²) < 4.78 is 0. The van der Waals surface area contributed by atoms with Crippen LogP contribution < -0.4 is 76.9 Å². The van der Waals surface area contributed by atoms with Gasteiger partial charge in [0, 0.05) is 68.5 Å². The number of aromatic nitrogens is 1. The van der Waals surface area contributed by atoms with Crippen LogP contribution in [0.1, 0.15) is 85.3 Å². The molecule has 21 N–H and O–H groups in total. The molecule has 0 bridgehead atoms. The highest BCUT2D eigenvalue weighted by Gasteiger charge is 2.35. The number of benzene rings is 3. The smallest absolute Gasteiger partial charge is 0.248 e. The van der Waals surface area contributed by atoms with Crippen molar-refractivity contribution in [3.63, 3.8) is 0 Å². The molecular formula is C54H73N17O10. The lowest BCUT2D eigenvalue weighted by molar-refractivity contribution is -0.136. The number of para-hydroxylation sites is 1. The fraction of sp³-hybridized carbons (Fsp3) is 0.407. The van der Waals surface area contributed by atoms with Gasteiger partial charge in [0.15, 0.2) is 11.9 Å². The number of amides is 10. The van der Waals surface area contributed by atoms with Crippen LogP contribution in [-0.2, 0) is 62.4 Å². The van der Waals surface area contributed by atoms with Gasteiger partial charge in [0.05, 0.1) is 6.42 Å². The molecule has 10 amide bonds. The first-order valence-electron chi connectivity index (χ1n) is 26.4. The molecular weight excluding hydrogens is 1050 g/mol. The molecule has 2 heterocycles. The first kappa shape index (κ1) is 62.3. The maximum absolute atomic E-state index is 14.9. The van der Waals surface area contributed by atoms with Gasteiger partial charge in [0.2, 0.25) is 59.1 Å². The third kappa shape index (κ3) is 20.6. The van der Waals surface area contributed by atoms with E-state index >= 15 is 0 Å². The Hall–Kier alpha value is -9.56. The summed E-state index contributed by atoms with van der Waals surface area (Å²) in [6, 6.07) is 11.6. The number of nitrogens with two attached hydrogens (primary N) is 6. The van der Waals surface area contributed by atoms with Gasteiger partial charge in [0.1, 0.15) is 42.3 Å². The molecule has 0 spiro atoms. The Bertz CT molecular complexity index is 2920. The molecule has 3 aromatic carbocycles. The number of guanidine groups is 2. The molecule has 0 aliphatic carbocycles. The van der Waals surface area contributed by atoms with Gasteiger partial charge in [-0.1, -0.05) is 60.7 Å². The Kier molecular flexibility index (Phi) is 23.9. The van der Waals surface area contributed by atoms with Crippen LogP contribution in [0.15, 0.2) is 95.0 Å². The summed E-state index contributed by atoms with van der Waals surface area (Å²) in [6.07, 6.45) is 1.14. The van der Waals surface area contributed by atoms with E-state index in [1.807, 2.05) is 18.2 Å². The van der Waals surface area contributed by atoms with E-state index < -0.39 is 108 Å². The summed E-state index contributed by atoms with van der Waals surface area (Å²) in [5.74, 6) is -8.68. The van der Waals surface area contributed by atoms with Crippen molar-refractivity contribution < 1.29 is 47.9 Å². The van der Waals surface area contributed by atoms with E-state index in [-0.39, 0.29) is 101 Å². The van der Waals surface area contributed by atoms with Crippen LogP contribution in [0.2, 0.25) is 0 Å². The van der Waals surface area contributed by atoms with Crippen molar-refractivity contribution in [2.75, 3.05) is 19.6 Å². The van der Waals surface area contributed by atoms with Gasteiger partial charge in [-0.15, -0.1) is 0 Å². The maximum atomic E-state index is 14.9. The number of nitrogens with one attached hydrogen (secondary N) is 9. The standard InChI is InChI=1S/C54H73N17O10/c1-30(72)65-38(16-9-23-62-53(57)58)47(76)71-43-28-44(73)61-22-8-7-15-37(46(56)75)66-51(80)42(27-34-29-64-36-14-6-5-13-35(34)36)70-48(77)39(17-10-24-63-54(59)60)67-49(78)40(25-31-11-3-2-4-12-31)68-50(79)41(69-52(43)81)26-32-18-20-33(21-19-32)45(55)74/h2-6,11-14,18-21,29,37-43,64H,7-10,15-17,22-28H2,1H3,(H2,55,74)(H2,56,75)(H,61,73)(H,65,72)(H,66,80)(H,67,78)(H,68,79)(H,69,81)(H,70,77)(H,71,76)(H4,57,58,62)(H4,59,60,63)/t37-,38-,39-,40+,41-,42-,43-/m0/s1. The zero-order valence-corrected chi connectivity index (χ0v) is 45.0. The van der Waals surface area contributed by atoms with Crippen LogP contribution in [0.3, 0.4) is 0 Å². The average molecular weight is 1120 g/mol. The largest absolute Gasteiger partial charge is 0.370 e. The van der Waals surface area contributed by atoms with E-state index in [0.717, 1.165) is 10.9 Å². The number of carbonyl (C=O) groups is 10. The summed E-state index contributed by atoms with van der Waals surface area (Å²) in [4.78, 5) is 149. The third-order valence-corrected chi connectivity index (χ3v) is 13.1. The van der Waals surface area contributed by atoms with Crippen molar-refractivity contribution in [2.45, 2.75) is 120 Å². The maximum Gasteiger partial charge on any atom is 0.248 e. The minimum absolute atomic E-state index is 0.000540. The SMILES string of the molecule is CC(=O)N[C@@H](CCCN=C(N)N)C(=O)N[C@H]1CC(=O)NCCCC[C@@H](C(N)=O)NC(=O)[C@H](Cc2c[nH]c3ccccc23)NC(=O)[C@H](CCCN=C(N)N)NC(=O)[C@@H](Cc2ccccc2)NC(=O)[C@H](Cc2ccc(C(N)=O)cc2)NC1=O. The molecule has 81 heavy (non-hydrogen) atoms. The van der Waals surface area contributed by atoms with Gasteiger partial charge >= 0.3 is 0 Å². The molecule has 0 radical (unpaired) electrons. The topological polar surface area (TPSA) is 464 Å². The highest BCUT2D eigenvalue weighted by atomic mass is 16.2. The van der Waals surface area contributed by atoms with Crippen molar-refractivity contribution in [2.24, 2.45) is 44.4 Å². The quantitative estimate of drug-likeness (QED) is 0.0253. The third-order valence-electron chi connectivity index (χ3n) is 13.1. The minimum Gasteiger partial charge on any atom is -0.370 e. The fourth-order valence-electron chi connectivity index (χ4n) is 8.92. The predicted molar refractivity (Wildman–Crippen MR) is 300 cm³/mol. The minimum atomic E-state index is -1.70. The van der Waals surface area contributed by atoms with Crippen LogP contribution in [0.5, 0.6) is 0 Å². The fourth-order valence-corrected chi connectivity index (χ4v) is 8.92. The van der Waals surface area contributed by atoms with E-state index in [9.17, 15) is 47.9 Å². The van der Waals surface area contributed by atoms with Gasteiger partial charge in [-0.05, 0) is 79.8 Å².